The molecule has 2 N–H and O–H groups in total. The number of hydrogen-bond donors (Lipinski definition) is 1. The molecule has 1 aromatic rings. The van der Waals surface area contributed by atoms with E-state index in [-0.39, 0.29) is 11.5 Å². The quantitative estimate of drug-likeness (QED) is 0.860. The third kappa shape index (κ3) is 3.33. The van der Waals surface area contributed by atoms with Crippen molar-refractivity contribution in [3.05, 3.63) is 23.8 Å². The lowest BCUT2D eigenvalue weighted by Gasteiger charge is -2.36. The molecule has 23 heavy (non-hydrogen) atoms. The maximum atomic E-state index is 6.22. The molecule has 3 heteroatoms. The molecule has 124 valence electrons. The number of benzene rings is 1. The van der Waals surface area contributed by atoms with Crippen LogP contribution in [0.1, 0.15) is 56.9 Å². The van der Waals surface area contributed by atoms with Crippen LogP contribution in [-0.2, 0) is 5.41 Å². The SMILES string of the molecule is C#C[C@]1(c2ccc(OC)c(OC3CCCC3)c2)CC[C@H](N)CC1. The molecule has 0 unspecified atom stereocenters. The van der Waals surface area contributed by atoms with Crippen LogP contribution >= 0.6 is 0 Å². The van der Waals surface area contributed by atoms with Gasteiger partial charge in [-0.25, -0.2) is 0 Å². The normalized spacial score (nSPS) is 28.3. The third-order valence-electron chi connectivity index (χ3n) is 5.47. The Morgan fingerprint density at radius 1 is 1.13 bits per heavy atom. The molecular formula is C20H27NO2. The minimum Gasteiger partial charge on any atom is -0.493 e. The largest absolute Gasteiger partial charge is 0.493 e. The summed E-state index contributed by atoms with van der Waals surface area (Å²) in [5.74, 6) is 4.69. The second-order valence-electron chi connectivity index (χ2n) is 6.95. The van der Waals surface area contributed by atoms with Crippen molar-refractivity contribution >= 4 is 0 Å². The number of ether oxygens (including phenoxy) is 2. The summed E-state index contributed by atoms with van der Waals surface area (Å²) in [7, 11) is 1.69. The Morgan fingerprint density at radius 2 is 1.83 bits per heavy atom. The Labute approximate surface area is 139 Å². The van der Waals surface area contributed by atoms with Gasteiger partial charge >= 0.3 is 0 Å². The summed E-state index contributed by atoms with van der Waals surface area (Å²) in [6, 6.07) is 6.47. The van der Waals surface area contributed by atoms with E-state index < -0.39 is 0 Å². The molecule has 0 amide bonds. The number of methoxy groups -OCH3 is 1. The molecule has 0 atom stereocenters. The minimum atomic E-state index is -0.212. The zero-order valence-electron chi connectivity index (χ0n) is 14.0. The molecule has 2 fully saturated rings. The van der Waals surface area contributed by atoms with Gasteiger partial charge < -0.3 is 15.2 Å². The fraction of sp³-hybridized carbons (Fsp3) is 0.600. The maximum Gasteiger partial charge on any atom is 0.161 e. The average molecular weight is 313 g/mol. The van der Waals surface area contributed by atoms with Gasteiger partial charge in [-0.05, 0) is 69.1 Å². The number of nitrogens with two attached hydrogens (primary N) is 1. The van der Waals surface area contributed by atoms with Crippen molar-refractivity contribution in [3.8, 4) is 23.8 Å². The van der Waals surface area contributed by atoms with Crippen molar-refractivity contribution in [2.45, 2.75) is 68.9 Å². The molecular weight excluding hydrogens is 286 g/mol. The van der Waals surface area contributed by atoms with Crippen molar-refractivity contribution < 1.29 is 9.47 Å². The van der Waals surface area contributed by atoms with Gasteiger partial charge in [-0.1, -0.05) is 12.0 Å². The van der Waals surface area contributed by atoms with Gasteiger partial charge in [0.2, 0.25) is 0 Å². The van der Waals surface area contributed by atoms with Crippen molar-refractivity contribution in [1.82, 2.24) is 0 Å². The molecule has 0 bridgehead atoms. The van der Waals surface area contributed by atoms with Crippen LogP contribution in [0.4, 0.5) is 0 Å². The highest BCUT2D eigenvalue weighted by Crippen LogP contribution is 2.42. The molecule has 0 heterocycles. The van der Waals surface area contributed by atoms with Crippen molar-refractivity contribution in [1.29, 1.82) is 0 Å². The molecule has 2 aliphatic rings. The summed E-state index contributed by atoms with van der Waals surface area (Å²) < 4.78 is 11.7. The minimum absolute atomic E-state index is 0.212. The van der Waals surface area contributed by atoms with Crippen LogP contribution in [-0.4, -0.2) is 19.3 Å². The second-order valence-corrected chi connectivity index (χ2v) is 6.95. The monoisotopic (exact) mass is 313 g/mol. The third-order valence-corrected chi connectivity index (χ3v) is 5.47. The van der Waals surface area contributed by atoms with Gasteiger partial charge in [0.15, 0.2) is 11.5 Å². The summed E-state index contributed by atoms with van der Waals surface area (Å²) in [6.45, 7) is 0. The summed E-state index contributed by atoms with van der Waals surface area (Å²) in [5, 5.41) is 0. The average Bonchev–Trinajstić information content (AvgIpc) is 3.09. The van der Waals surface area contributed by atoms with Crippen LogP contribution in [0.15, 0.2) is 18.2 Å². The van der Waals surface area contributed by atoms with E-state index in [4.69, 9.17) is 21.6 Å². The van der Waals surface area contributed by atoms with Crippen LogP contribution in [0.3, 0.4) is 0 Å². The van der Waals surface area contributed by atoms with Crippen molar-refractivity contribution in [2.24, 2.45) is 5.73 Å². The molecule has 0 saturated heterocycles. The van der Waals surface area contributed by atoms with E-state index in [2.05, 4.69) is 18.1 Å². The lowest BCUT2D eigenvalue weighted by molar-refractivity contribution is 0.200. The highest BCUT2D eigenvalue weighted by Gasteiger charge is 2.35. The highest BCUT2D eigenvalue weighted by molar-refractivity contribution is 5.48. The van der Waals surface area contributed by atoms with Gasteiger partial charge in [0, 0.05) is 6.04 Å². The first kappa shape index (κ1) is 16.2. The fourth-order valence-electron chi connectivity index (χ4n) is 3.90. The predicted octanol–water partition coefficient (Wildman–Crippen LogP) is 3.79. The zero-order valence-corrected chi connectivity index (χ0v) is 14.0. The first-order valence-electron chi connectivity index (χ1n) is 8.75. The van der Waals surface area contributed by atoms with E-state index >= 15 is 0 Å². The maximum absolute atomic E-state index is 6.22. The number of hydrogen-bond acceptors (Lipinski definition) is 3. The molecule has 3 rings (SSSR count). The topological polar surface area (TPSA) is 44.5 Å². The van der Waals surface area contributed by atoms with Gasteiger partial charge in [0.05, 0.1) is 18.6 Å². The lowest BCUT2D eigenvalue weighted by atomic mass is 9.69. The second kappa shape index (κ2) is 6.84. The Kier molecular flexibility index (Phi) is 4.82. The molecule has 3 nitrogen and oxygen atoms in total. The van der Waals surface area contributed by atoms with Crippen LogP contribution < -0.4 is 15.2 Å². The van der Waals surface area contributed by atoms with Gasteiger partial charge in [0.25, 0.3) is 0 Å². The van der Waals surface area contributed by atoms with E-state index in [1.165, 1.54) is 18.4 Å². The summed E-state index contributed by atoms with van der Waals surface area (Å²) in [4.78, 5) is 0. The van der Waals surface area contributed by atoms with E-state index in [0.29, 0.717) is 6.10 Å². The van der Waals surface area contributed by atoms with Gasteiger partial charge in [-0.3, -0.25) is 0 Å². The Balaban J connectivity index is 1.88. The van der Waals surface area contributed by atoms with E-state index in [0.717, 1.165) is 50.0 Å². The Morgan fingerprint density at radius 3 is 2.43 bits per heavy atom. The summed E-state index contributed by atoms with van der Waals surface area (Å²) in [6.07, 6.45) is 14.8. The summed E-state index contributed by atoms with van der Waals surface area (Å²) in [5.41, 5.74) is 7.01. The molecule has 0 spiro atoms. The zero-order chi connectivity index (χ0) is 16.3. The van der Waals surface area contributed by atoms with Crippen molar-refractivity contribution in [3.63, 3.8) is 0 Å². The molecule has 0 radical (unpaired) electrons. The first-order chi connectivity index (χ1) is 11.2. The summed E-state index contributed by atoms with van der Waals surface area (Å²) >= 11 is 0. The standard InChI is InChI=1S/C20H27NO2/c1-3-20(12-10-16(21)11-13-20)15-8-9-18(22-2)19(14-15)23-17-6-4-5-7-17/h1,8-9,14,16-17H,4-7,10-13,21H2,2H3/t16-,20-. The Bertz CT molecular complexity index is 576. The van der Waals surface area contributed by atoms with Crippen LogP contribution in [0.2, 0.25) is 0 Å². The fourth-order valence-corrected chi connectivity index (χ4v) is 3.90. The van der Waals surface area contributed by atoms with E-state index in [9.17, 15) is 0 Å². The smallest absolute Gasteiger partial charge is 0.161 e. The highest BCUT2D eigenvalue weighted by atomic mass is 16.5. The number of terminal acetylenes is 1. The number of rotatable bonds is 4. The van der Waals surface area contributed by atoms with Gasteiger partial charge in [-0.15, -0.1) is 6.42 Å². The van der Waals surface area contributed by atoms with Crippen LogP contribution in [0, 0.1) is 12.3 Å². The van der Waals surface area contributed by atoms with Gasteiger partial charge in [0.1, 0.15) is 0 Å². The van der Waals surface area contributed by atoms with Crippen LogP contribution in [0.25, 0.3) is 0 Å². The van der Waals surface area contributed by atoms with Crippen molar-refractivity contribution in [2.75, 3.05) is 7.11 Å². The Hall–Kier alpha value is -1.66. The predicted molar refractivity (Wildman–Crippen MR) is 92.8 cm³/mol. The van der Waals surface area contributed by atoms with E-state index in [1.54, 1.807) is 7.11 Å². The molecule has 0 aromatic heterocycles. The first-order valence-corrected chi connectivity index (χ1v) is 8.75. The molecule has 0 aliphatic heterocycles. The molecule has 1 aromatic carbocycles. The lowest BCUT2D eigenvalue weighted by Crippen LogP contribution is -2.36. The molecule has 2 aliphatic carbocycles. The molecule has 2 saturated carbocycles. The van der Waals surface area contributed by atoms with E-state index in [1.807, 2.05) is 6.07 Å². The van der Waals surface area contributed by atoms with Gasteiger partial charge in [-0.2, -0.15) is 0 Å². The van der Waals surface area contributed by atoms with Crippen LogP contribution in [0.5, 0.6) is 11.5 Å².